The fourth-order valence-electron chi connectivity index (χ4n) is 2.52. The van der Waals surface area contributed by atoms with E-state index in [1.54, 1.807) is 0 Å². The SMILES string of the molecule is Cc1ccc(C2=C([O-])C(c3ccc(C)cc3)C2=O)cc1. The molecule has 0 N–H and O–H groups in total. The minimum absolute atomic E-state index is 0.0669. The molecule has 1 unspecified atom stereocenters. The topological polar surface area (TPSA) is 40.1 Å². The van der Waals surface area contributed by atoms with Gasteiger partial charge >= 0.3 is 0 Å². The van der Waals surface area contributed by atoms with Crippen molar-refractivity contribution in [3.63, 3.8) is 0 Å². The molecule has 0 saturated heterocycles. The molecule has 3 rings (SSSR count). The lowest BCUT2D eigenvalue weighted by Crippen LogP contribution is -2.35. The highest BCUT2D eigenvalue weighted by Gasteiger charge is 2.34. The van der Waals surface area contributed by atoms with Crippen molar-refractivity contribution in [1.29, 1.82) is 0 Å². The fraction of sp³-hybridized carbons (Fsp3) is 0.167. The molecule has 1 atom stereocenters. The van der Waals surface area contributed by atoms with Gasteiger partial charge in [0.05, 0.1) is 5.92 Å². The van der Waals surface area contributed by atoms with E-state index in [4.69, 9.17) is 0 Å². The lowest BCUT2D eigenvalue weighted by Gasteiger charge is -2.37. The summed E-state index contributed by atoms with van der Waals surface area (Å²) >= 11 is 0. The van der Waals surface area contributed by atoms with E-state index in [9.17, 15) is 9.90 Å². The summed E-state index contributed by atoms with van der Waals surface area (Å²) in [4.78, 5) is 12.3. The molecule has 1 aliphatic rings. The summed E-state index contributed by atoms with van der Waals surface area (Å²) in [5, 5.41) is 12.3. The van der Waals surface area contributed by atoms with Gasteiger partial charge in [-0.3, -0.25) is 4.79 Å². The molecule has 0 aliphatic heterocycles. The molecule has 0 aromatic heterocycles. The number of aryl methyl sites for hydroxylation is 2. The smallest absolute Gasteiger partial charge is 0.173 e. The number of rotatable bonds is 2. The number of Topliss-reactive ketones (excluding diaryl/α,β-unsaturated/α-hetero) is 1. The molecule has 0 saturated carbocycles. The summed E-state index contributed by atoms with van der Waals surface area (Å²) < 4.78 is 0. The zero-order chi connectivity index (χ0) is 14.3. The average molecular weight is 263 g/mol. The van der Waals surface area contributed by atoms with Gasteiger partial charge in [0.2, 0.25) is 0 Å². The van der Waals surface area contributed by atoms with E-state index in [2.05, 4.69) is 0 Å². The number of carbonyl (C=O) groups is 1. The largest absolute Gasteiger partial charge is 0.874 e. The summed E-state index contributed by atoms with van der Waals surface area (Å²) in [5.74, 6) is -0.739. The van der Waals surface area contributed by atoms with Crippen LogP contribution in [0.5, 0.6) is 0 Å². The molecule has 0 fully saturated rings. The van der Waals surface area contributed by atoms with Crippen LogP contribution in [-0.2, 0) is 4.79 Å². The fourth-order valence-corrected chi connectivity index (χ4v) is 2.52. The predicted molar refractivity (Wildman–Crippen MR) is 77.0 cm³/mol. The molecule has 0 amide bonds. The van der Waals surface area contributed by atoms with Gasteiger partial charge in [-0.25, -0.2) is 0 Å². The van der Waals surface area contributed by atoms with Crippen LogP contribution in [0.1, 0.15) is 28.2 Å². The third kappa shape index (κ3) is 1.94. The van der Waals surface area contributed by atoms with Crippen LogP contribution < -0.4 is 5.11 Å². The van der Waals surface area contributed by atoms with Gasteiger partial charge in [-0.2, -0.15) is 0 Å². The quantitative estimate of drug-likeness (QED) is 0.835. The number of hydrogen-bond acceptors (Lipinski definition) is 2. The minimum atomic E-state index is -0.605. The Morgan fingerprint density at radius 1 is 0.850 bits per heavy atom. The number of allylic oxidation sites excluding steroid dienone is 2. The first-order valence-electron chi connectivity index (χ1n) is 6.67. The molecule has 0 heterocycles. The van der Waals surface area contributed by atoms with E-state index in [0.717, 1.165) is 22.3 Å². The van der Waals surface area contributed by atoms with Crippen molar-refractivity contribution in [3.05, 3.63) is 76.5 Å². The van der Waals surface area contributed by atoms with Crippen LogP contribution in [0.15, 0.2) is 54.3 Å². The summed E-state index contributed by atoms with van der Waals surface area (Å²) in [6, 6.07) is 15.1. The second kappa shape index (κ2) is 4.64. The van der Waals surface area contributed by atoms with Gasteiger partial charge in [0.25, 0.3) is 0 Å². The highest BCUT2D eigenvalue weighted by atomic mass is 16.3. The molecule has 0 radical (unpaired) electrons. The molecular formula is C18H15O2-. The van der Waals surface area contributed by atoms with Crippen molar-refractivity contribution < 1.29 is 9.90 Å². The standard InChI is InChI=1S/C18H16O2/c1-11-3-7-13(8-4-11)15-17(19)16(18(15)20)14-9-5-12(2)6-10-14/h3-10,15,19H,1-2H3/p-1. The molecule has 2 heteroatoms. The predicted octanol–water partition coefficient (Wildman–Crippen LogP) is 2.74. The average Bonchev–Trinajstić information content (AvgIpc) is 2.44. The monoisotopic (exact) mass is 263 g/mol. The molecule has 0 spiro atoms. The Bertz CT molecular complexity index is 691. The second-order valence-electron chi connectivity index (χ2n) is 5.31. The van der Waals surface area contributed by atoms with E-state index in [1.807, 2.05) is 62.4 Å². The highest BCUT2D eigenvalue weighted by molar-refractivity contribution is 6.31. The maximum Gasteiger partial charge on any atom is 0.173 e. The number of carbonyl (C=O) groups excluding carboxylic acids is 1. The number of hydrogen-bond donors (Lipinski definition) is 0. The molecular weight excluding hydrogens is 248 g/mol. The van der Waals surface area contributed by atoms with Gasteiger partial charge in [-0.1, -0.05) is 59.7 Å². The maximum atomic E-state index is 12.3. The lowest BCUT2D eigenvalue weighted by atomic mass is 9.75. The van der Waals surface area contributed by atoms with Gasteiger partial charge in [0, 0.05) is 5.57 Å². The van der Waals surface area contributed by atoms with E-state index in [1.165, 1.54) is 0 Å². The van der Waals surface area contributed by atoms with Crippen LogP contribution in [0.3, 0.4) is 0 Å². The summed E-state index contributed by atoms with van der Waals surface area (Å²) in [6.07, 6.45) is 0. The third-order valence-corrected chi connectivity index (χ3v) is 3.77. The van der Waals surface area contributed by atoms with Crippen LogP contribution in [0.4, 0.5) is 0 Å². The van der Waals surface area contributed by atoms with Crippen molar-refractivity contribution in [2.45, 2.75) is 19.8 Å². The van der Waals surface area contributed by atoms with Crippen LogP contribution in [0, 0.1) is 13.8 Å². The normalized spacial score (nSPS) is 18.1. The Balaban J connectivity index is 1.97. The maximum absolute atomic E-state index is 12.3. The molecule has 2 nitrogen and oxygen atoms in total. The summed E-state index contributed by atoms with van der Waals surface area (Å²) in [5.41, 5.74) is 4.10. The summed E-state index contributed by atoms with van der Waals surface area (Å²) in [6.45, 7) is 3.96. The lowest BCUT2D eigenvalue weighted by molar-refractivity contribution is -0.310. The Hall–Kier alpha value is -2.35. The van der Waals surface area contributed by atoms with Crippen LogP contribution in [0.2, 0.25) is 0 Å². The van der Waals surface area contributed by atoms with E-state index in [0.29, 0.717) is 5.57 Å². The van der Waals surface area contributed by atoms with E-state index < -0.39 is 5.92 Å². The first-order valence-corrected chi connectivity index (χ1v) is 6.67. The van der Waals surface area contributed by atoms with E-state index >= 15 is 0 Å². The Morgan fingerprint density at radius 2 is 1.35 bits per heavy atom. The first-order chi connectivity index (χ1) is 9.58. The highest BCUT2D eigenvalue weighted by Crippen LogP contribution is 2.41. The molecule has 2 aromatic carbocycles. The summed E-state index contributed by atoms with van der Waals surface area (Å²) in [7, 11) is 0. The first kappa shape index (κ1) is 12.7. The van der Waals surface area contributed by atoms with Crippen LogP contribution >= 0.6 is 0 Å². The van der Waals surface area contributed by atoms with Crippen molar-refractivity contribution in [1.82, 2.24) is 0 Å². The minimum Gasteiger partial charge on any atom is -0.874 e. The second-order valence-corrected chi connectivity index (χ2v) is 5.31. The number of benzene rings is 2. The zero-order valence-corrected chi connectivity index (χ0v) is 11.5. The van der Waals surface area contributed by atoms with Gasteiger partial charge in [0.15, 0.2) is 5.78 Å². The van der Waals surface area contributed by atoms with Gasteiger partial charge < -0.3 is 5.11 Å². The van der Waals surface area contributed by atoms with E-state index in [-0.39, 0.29) is 11.5 Å². The van der Waals surface area contributed by atoms with Crippen LogP contribution in [0.25, 0.3) is 5.57 Å². The Kier molecular flexibility index (Phi) is 2.94. The molecule has 100 valence electrons. The molecule has 1 aliphatic carbocycles. The Morgan fingerprint density at radius 3 is 1.85 bits per heavy atom. The molecule has 20 heavy (non-hydrogen) atoms. The van der Waals surface area contributed by atoms with Gasteiger partial charge in [-0.15, -0.1) is 5.76 Å². The van der Waals surface area contributed by atoms with Gasteiger partial charge in [0.1, 0.15) is 0 Å². The zero-order valence-electron chi connectivity index (χ0n) is 11.5. The molecule has 0 bridgehead atoms. The number of ketones is 1. The Labute approximate surface area is 118 Å². The van der Waals surface area contributed by atoms with Crippen molar-refractivity contribution >= 4 is 11.4 Å². The van der Waals surface area contributed by atoms with Crippen LogP contribution in [-0.4, -0.2) is 5.78 Å². The van der Waals surface area contributed by atoms with Gasteiger partial charge in [-0.05, 0) is 25.0 Å². The molecule has 2 aromatic rings. The van der Waals surface area contributed by atoms with Crippen molar-refractivity contribution in [2.75, 3.05) is 0 Å². The van der Waals surface area contributed by atoms with Crippen molar-refractivity contribution in [2.24, 2.45) is 0 Å². The third-order valence-electron chi connectivity index (χ3n) is 3.77. The van der Waals surface area contributed by atoms with Crippen molar-refractivity contribution in [3.8, 4) is 0 Å².